The first kappa shape index (κ1) is 19.1. The van der Waals surface area contributed by atoms with E-state index in [-0.39, 0.29) is 17.0 Å². The van der Waals surface area contributed by atoms with Crippen LogP contribution in [0.3, 0.4) is 0 Å². The van der Waals surface area contributed by atoms with Crippen molar-refractivity contribution in [1.29, 1.82) is 0 Å². The van der Waals surface area contributed by atoms with Crippen molar-refractivity contribution < 1.29 is 22.6 Å². The van der Waals surface area contributed by atoms with Crippen LogP contribution in [0.5, 0.6) is 0 Å². The molecule has 29 heavy (non-hydrogen) atoms. The zero-order valence-electron chi connectivity index (χ0n) is 15.8. The average molecular weight is 410 g/mol. The minimum Gasteiger partial charge on any atom is -0.378 e. The van der Waals surface area contributed by atoms with Crippen LogP contribution >= 0.6 is 0 Å². The Morgan fingerprint density at radius 1 is 0.931 bits per heavy atom. The van der Waals surface area contributed by atoms with Crippen LogP contribution in [0, 0.1) is 0 Å². The standard InChI is InChI=1S/C21H18N2O5S/c1-22(2)15-8-6-13(7-9-15)12-23-20(24)17-5-3-4-14-10-16(29(26,27)28)11-18(19(14)17)21(23)25/h3-11H,12H2,1-2H3,(H,26,27,28). The van der Waals surface area contributed by atoms with Crippen molar-refractivity contribution in [2.24, 2.45) is 0 Å². The summed E-state index contributed by atoms with van der Waals surface area (Å²) in [5.74, 6) is -1.04. The number of amides is 2. The largest absolute Gasteiger partial charge is 0.378 e. The number of benzene rings is 3. The van der Waals surface area contributed by atoms with E-state index >= 15 is 0 Å². The second-order valence-corrected chi connectivity index (χ2v) is 8.53. The zero-order valence-corrected chi connectivity index (χ0v) is 16.6. The van der Waals surface area contributed by atoms with Gasteiger partial charge in [0, 0.05) is 30.7 Å². The maximum atomic E-state index is 13.1. The maximum Gasteiger partial charge on any atom is 0.294 e. The maximum absolute atomic E-state index is 13.1. The molecule has 0 unspecified atom stereocenters. The van der Waals surface area contributed by atoms with E-state index in [1.807, 2.05) is 43.3 Å². The van der Waals surface area contributed by atoms with E-state index in [2.05, 4.69) is 0 Å². The van der Waals surface area contributed by atoms with Gasteiger partial charge < -0.3 is 4.90 Å². The van der Waals surface area contributed by atoms with E-state index in [0.717, 1.165) is 22.2 Å². The summed E-state index contributed by atoms with van der Waals surface area (Å²) in [7, 11) is -0.675. The summed E-state index contributed by atoms with van der Waals surface area (Å²) in [5.41, 5.74) is 2.15. The second kappa shape index (κ2) is 6.68. The lowest BCUT2D eigenvalue weighted by atomic mass is 9.94. The van der Waals surface area contributed by atoms with Crippen molar-refractivity contribution in [3.05, 3.63) is 71.3 Å². The SMILES string of the molecule is CN(C)c1ccc(CN2C(=O)c3cccc4cc(S(=O)(=O)O)cc(c34)C2=O)cc1. The van der Waals surface area contributed by atoms with Crippen LogP contribution in [-0.4, -0.2) is 43.8 Å². The van der Waals surface area contributed by atoms with Crippen molar-refractivity contribution in [1.82, 2.24) is 4.90 Å². The van der Waals surface area contributed by atoms with E-state index in [0.29, 0.717) is 16.3 Å². The summed E-state index contributed by atoms with van der Waals surface area (Å²) >= 11 is 0. The molecule has 3 aromatic rings. The van der Waals surface area contributed by atoms with Crippen LogP contribution in [0.15, 0.2) is 59.5 Å². The molecular formula is C21H18N2O5S. The average Bonchev–Trinajstić information content (AvgIpc) is 2.68. The zero-order chi connectivity index (χ0) is 20.9. The van der Waals surface area contributed by atoms with Gasteiger partial charge in [0.1, 0.15) is 0 Å². The molecule has 1 aliphatic heterocycles. The second-order valence-electron chi connectivity index (χ2n) is 7.11. The summed E-state index contributed by atoms with van der Waals surface area (Å²) < 4.78 is 32.7. The van der Waals surface area contributed by atoms with Crippen LogP contribution in [0.1, 0.15) is 26.3 Å². The topological polar surface area (TPSA) is 95.0 Å². The van der Waals surface area contributed by atoms with Crippen LogP contribution in [0.25, 0.3) is 10.8 Å². The predicted molar refractivity (Wildman–Crippen MR) is 109 cm³/mol. The summed E-state index contributed by atoms with van der Waals surface area (Å²) in [6, 6.07) is 14.7. The molecule has 1 aliphatic rings. The molecule has 0 bridgehead atoms. The van der Waals surface area contributed by atoms with Gasteiger partial charge in [-0.1, -0.05) is 24.3 Å². The van der Waals surface area contributed by atoms with Gasteiger partial charge in [-0.25, -0.2) is 0 Å². The minimum atomic E-state index is -4.50. The van der Waals surface area contributed by atoms with Crippen molar-refractivity contribution >= 4 is 38.4 Å². The van der Waals surface area contributed by atoms with E-state index in [1.54, 1.807) is 18.2 Å². The number of hydrogen-bond donors (Lipinski definition) is 1. The molecule has 4 rings (SSSR count). The third-order valence-corrected chi connectivity index (χ3v) is 5.82. The Kier molecular flexibility index (Phi) is 4.40. The normalized spacial score (nSPS) is 13.8. The quantitative estimate of drug-likeness (QED) is 0.525. The number of carbonyl (C=O) groups is 2. The fraction of sp³-hybridized carbons (Fsp3) is 0.143. The van der Waals surface area contributed by atoms with Gasteiger partial charge in [-0.05, 0) is 41.3 Å². The molecule has 0 aromatic heterocycles. The predicted octanol–water partition coefficient (Wildman–Crippen LogP) is 2.95. The van der Waals surface area contributed by atoms with Crippen LogP contribution < -0.4 is 4.90 Å². The van der Waals surface area contributed by atoms with Crippen LogP contribution in [-0.2, 0) is 16.7 Å². The lowest BCUT2D eigenvalue weighted by molar-refractivity contribution is 0.0598. The van der Waals surface area contributed by atoms with Gasteiger partial charge in [0.05, 0.1) is 17.0 Å². The Bertz CT molecular complexity index is 1260. The number of anilines is 1. The lowest BCUT2D eigenvalue weighted by Gasteiger charge is -2.27. The minimum absolute atomic E-state index is 0.0529. The molecule has 0 radical (unpaired) electrons. The molecule has 8 heteroatoms. The smallest absolute Gasteiger partial charge is 0.294 e. The lowest BCUT2D eigenvalue weighted by Crippen LogP contribution is -2.39. The Labute approximate surface area is 167 Å². The van der Waals surface area contributed by atoms with Crippen LogP contribution in [0.2, 0.25) is 0 Å². The van der Waals surface area contributed by atoms with Gasteiger partial charge in [0.2, 0.25) is 0 Å². The van der Waals surface area contributed by atoms with E-state index in [4.69, 9.17) is 0 Å². The van der Waals surface area contributed by atoms with E-state index in [9.17, 15) is 22.6 Å². The molecular weight excluding hydrogens is 392 g/mol. The number of hydrogen-bond acceptors (Lipinski definition) is 5. The number of imide groups is 1. The Morgan fingerprint density at radius 2 is 1.59 bits per heavy atom. The number of rotatable bonds is 4. The third-order valence-electron chi connectivity index (χ3n) is 4.99. The molecule has 1 N–H and O–H groups in total. The van der Waals surface area contributed by atoms with Crippen molar-refractivity contribution in [2.45, 2.75) is 11.4 Å². The Balaban J connectivity index is 1.81. The molecule has 0 aliphatic carbocycles. The van der Waals surface area contributed by atoms with E-state index < -0.39 is 21.9 Å². The molecule has 2 amide bonds. The van der Waals surface area contributed by atoms with Crippen molar-refractivity contribution in [2.75, 3.05) is 19.0 Å². The molecule has 7 nitrogen and oxygen atoms in total. The molecule has 0 saturated heterocycles. The summed E-state index contributed by atoms with van der Waals surface area (Å²) in [6.07, 6.45) is 0. The highest BCUT2D eigenvalue weighted by molar-refractivity contribution is 7.85. The first-order chi connectivity index (χ1) is 13.7. The molecule has 0 spiro atoms. The van der Waals surface area contributed by atoms with Crippen molar-refractivity contribution in [3.63, 3.8) is 0 Å². The Morgan fingerprint density at radius 3 is 2.21 bits per heavy atom. The molecule has 148 valence electrons. The van der Waals surface area contributed by atoms with E-state index in [1.165, 1.54) is 6.07 Å². The highest BCUT2D eigenvalue weighted by Gasteiger charge is 2.34. The first-order valence-electron chi connectivity index (χ1n) is 8.83. The van der Waals surface area contributed by atoms with Gasteiger partial charge in [-0.2, -0.15) is 8.42 Å². The van der Waals surface area contributed by atoms with Crippen LogP contribution in [0.4, 0.5) is 5.69 Å². The molecule has 0 saturated carbocycles. The fourth-order valence-corrected chi connectivity index (χ4v) is 4.05. The van der Waals surface area contributed by atoms with Gasteiger partial charge in [0.25, 0.3) is 21.9 Å². The van der Waals surface area contributed by atoms with Gasteiger partial charge >= 0.3 is 0 Å². The van der Waals surface area contributed by atoms with Gasteiger partial charge in [-0.15, -0.1) is 0 Å². The summed E-state index contributed by atoms with van der Waals surface area (Å²) in [4.78, 5) is 28.7. The molecule has 1 heterocycles. The third kappa shape index (κ3) is 3.26. The van der Waals surface area contributed by atoms with Gasteiger partial charge in [-0.3, -0.25) is 19.0 Å². The molecule has 0 atom stereocenters. The monoisotopic (exact) mass is 410 g/mol. The number of carbonyl (C=O) groups excluding carboxylic acids is 2. The first-order valence-corrected chi connectivity index (χ1v) is 10.3. The summed E-state index contributed by atoms with van der Waals surface area (Å²) in [5, 5.41) is 0.804. The fourth-order valence-electron chi connectivity index (χ4n) is 3.50. The Hall–Kier alpha value is -3.23. The summed E-state index contributed by atoms with van der Waals surface area (Å²) in [6.45, 7) is 0.0529. The molecule has 3 aromatic carbocycles. The highest BCUT2D eigenvalue weighted by Crippen LogP contribution is 2.33. The molecule has 0 fully saturated rings. The van der Waals surface area contributed by atoms with Crippen molar-refractivity contribution in [3.8, 4) is 0 Å². The number of nitrogens with zero attached hydrogens (tertiary/aromatic N) is 2. The highest BCUT2D eigenvalue weighted by atomic mass is 32.2. The van der Waals surface area contributed by atoms with Gasteiger partial charge in [0.15, 0.2) is 0 Å².